The maximum atomic E-state index is 3.22. The van der Waals surface area contributed by atoms with Gasteiger partial charge >= 0.3 is 0 Å². The summed E-state index contributed by atoms with van der Waals surface area (Å²) < 4.78 is 2.46. The molecule has 0 fully saturated rings. The molecule has 0 saturated heterocycles. The van der Waals surface area contributed by atoms with Gasteiger partial charge in [0.15, 0.2) is 0 Å². The lowest BCUT2D eigenvalue weighted by Gasteiger charge is -2.11. The van der Waals surface area contributed by atoms with Crippen LogP contribution in [0.15, 0.2) is 60.7 Å². The number of nitrogens with one attached hydrogen (secondary N) is 1. The van der Waals surface area contributed by atoms with E-state index in [4.69, 9.17) is 0 Å². The monoisotopic (exact) mass is 278 g/mol. The first-order valence-electron chi connectivity index (χ1n) is 7.68. The van der Waals surface area contributed by atoms with Crippen LogP contribution in [-0.4, -0.2) is 18.2 Å². The zero-order valence-electron chi connectivity index (χ0n) is 12.5. The van der Waals surface area contributed by atoms with Crippen molar-refractivity contribution in [2.24, 2.45) is 0 Å². The van der Waals surface area contributed by atoms with Crippen LogP contribution in [0.1, 0.15) is 12.8 Å². The summed E-state index contributed by atoms with van der Waals surface area (Å²) in [7, 11) is 2.01. The molecule has 0 bridgehead atoms. The molecule has 2 aromatic carbocycles. The van der Waals surface area contributed by atoms with Gasteiger partial charge in [0.2, 0.25) is 0 Å². The second-order valence-electron chi connectivity index (χ2n) is 5.42. The third-order valence-corrected chi connectivity index (χ3v) is 3.94. The molecule has 0 saturated carbocycles. The van der Waals surface area contributed by atoms with E-state index in [9.17, 15) is 0 Å². The molecule has 108 valence electrons. The minimum Gasteiger partial charge on any atom is -0.340 e. The summed E-state index contributed by atoms with van der Waals surface area (Å²) in [6, 6.07) is 21.6. The van der Waals surface area contributed by atoms with Gasteiger partial charge in [-0.05, 0) is 44.1 Å². The van der Waals surface area contributed by atoms with Crippen LogP contribution in [0, 0.1) is 0 Å². The van der Waals surface area contributed by atoms with Gasteiger partial charge in [-0.1, -0.05) is 48.5 Å². The first-order chi connectivity index (χ1) is 10.4. The third-order valence-electron chi connectivity index (χ3n) is 3.94. The Bertz CT molecular complexity index is 698. The fourth-order valence-electron chi connectivity index (χ4n) is 2.87. The summed E-state index contributed by atoms with van der Waals surface area (Å²) in [5.41, 5.74) is 3.95. The van der Waals surface area contributed by atoms with Gasteiger partial charge in [0, 0.05) is 23.1 Å². The van der Waals surface area contributed by atoms with Gasteiger partial charge in [-0.15, -0.1) is 0 Å². The molecule has 3 rings (SSSR count). The Labute approximate surface area is 126 Å². The maximum absolute atomic E-state index is 3.22. The Hall–Kier alpha value is -2.06. The smallest absolute Gasteiger partial charge is 0.0491 e. The van der Waals surface area contributed by atoms with Crippen molar-refractivity contribution in [3.8, 4) is 11.3 Å². The van der Waals surface area contributed by atoms with Gasteiger partial charge in [-0.3, -0.25) is 0 Å². The SMILES string of the molecule is CNCCCCn1c(-c2ccccc2)cc2ccccc21. The van der Waals surface area contributed by atoms with Crippen LogP contribution >= 0.6 is 0 Å². The number of fused-ring (bicyclic) bond motifs is 1. The van der Waals surface area contributed by atoms with E-state index >= 15 is 0 Å². The summed E-state index contributed by atoms with van der Waals surface area (Å²) in [6.07, 6.45) is 2.40. The molecular formula is C19H22N2. The third kappa shape index (κ3) is 3.01. The summed E-state index contributed by atoms with van der Waals surface area (Å²) in [4.78, 5) is 0. The summed E-state index contributed by atoms with van der Waals surface area (Å²) in [6.45, 7) is 2.15. The van der Waals surface area contributed by atoms with E-state index in [1.807, 2.05) is 7.05 Å². The first-order valence-corrected chi connectivity index (χ1v) is 7.68. The van der Waals surface area contributed by atoms with Crippen molar-refractivity contribution >= 4 is 10.9 Å². The van der Waals surface area contributed by atoms with E-state index in [2.05, 4.69) is 70.5 Å². The number of unbranched alkanes of at least 4 members (excludes halogenated alkanes) is 1. The highest BCUT2D eigenvalue weighted by atomic mass is 15.0. The van der Waals surface area contributed by atoms with Crippen molar-refractivity contribution in [2.75, 3.05) is 13.6 Å². The minimum atomic E-state index is 1.07. The molecule has 21 heavy (non-hydrogen) atoms. The average molecular weight is 278 g/mol. The molecular weight excluding hydrogens is 256 g/mol. The molecule has 0 aliphatic carbocycles. The second-order valence-corrected chi connectivity index (χ2v) is 5.42. The standard InChI is InChI=1S/C19H22N2/c1-20-13-7-8-14-21-18-12-6-5-11-17(18)15-19(21)16-9-3-2-4-10-16/h2-6,9-12,15,20H,7-8,13-14H2,1H3. The number of aryl methyl sites for hydroxylation is 1. The van der Waals surface area contributed by atoms with Gasteiger partial charge in [0.05, 0.1) is 0 Å². The molecule has 0 spiro atoms. The van der Waals surface area contributed by atoms with E-state index in [1.54, 1.807) is 0 Å². The normalized spacial score (nSPS) is 11.1. The molecule has 0 atom stereocenters. The largest absolute Gasteiger partial charge is 0.340 e. The lowest BCUT2D eigenvalue weighted by molar-refractivity contribution is 0.605. The van der Waals surface area contributed by atoms with Gasteiger partial charge < -0.3 is 9.88 Å². The molecule has 1 aromatic heterocycles. The molecule has 2 nitrogen and oxygen atoms in total. The lowest BCUT2D eigenvalue weighted by Crippen LogP contribution is -2.09. The van der Waals surface area contributed by atoms with Crippen molar-refractivity contribution in [1.82, 2.24) is 9.88 Å². The van der Waals surface area contributed by atoms with E-state index in [-0.39, 0.29) is 0 Å². The molecule has 1 heterocycles. The highest BCUT2D eigenvalue weighted by molar-refractivity contribution is 5.87. The Balaban J connectivity index is 1.98. The zero-order valence-corrected chi connectivity index (χ0v) is 12.5. The Morgan fingerprint density at radius 3 is 2.48 bits per heavy atom. The van der Waals surface area contributed by atoms with Crippen molar-refractivity contribution in [3.63, 3.8) is 0 Å². The molecule has 3 aromatic rings. The lowest BCUT2D eigenvalue weighted by atomic mass is 10.1. The molecule has 0 unspecified atom stereocenters. The molecule has 0 amide bonds. The van der Waals surface area contributed by atoms with Crippen LogP contribution in [0.5, 0.6) is 0 Å². The molecule has 0 aliphatic heterocycles. The number of para-hydroxylation sites is 1. The van der Waals surface area contributed by atoms with E-state index in [0.717, 1.165) is 13.1 Å². The number of nitrogens with zero attached hydrogens (tertiary/aromatic N) is 1. The highest BCUT2D eigenvalue weighted by Crippen LogP contribution is 2.28. The number of hydrogen-bond donors (Lipinski definition) is 1. The number of hydrogen-bond acceptors (Lipinski definition) is 1. The van der Waals surface area contributed by atoms with Gasteiger partial charge in [0.1, 0.15) is 0 Å². The Morgan fingerprint density at radius 2 is 1.67 bits per heavy atom. The topological polar surface area (TPSA) is 17.0 Å². The van der Waals surface area contributed by atoms with Crippen LogP contribution < -0.4 is 5.32 Å². The minimum absolute atomic E-state index is 1.07. The number of benzene rings is 2. The number of rotatable bonds is 6. The molecule has 0 aliphatic rings. The molecule has 1 N–H and O–H groups in total. The van der Waals surface area contributed by atoms with E-state index in [0.29, 0.717) is 0 Å². The predicted molar refractivity (Wildman–Crippen MR) is 90.5 cm³/mol. The van der Waals surface area contributed by atoms with Crippen LogP contribution in [0.25, 0.3) is 22.2 Å². The van der Waals surface area contributed by atoms with Crippen LogP contribution in [0.2, 0.25) is 0 Å². The number of aromatic nitrogens is 1. The summed E-state index contributed by atoms with van der Waals surface area (Å²) in [5, 5.41) is 4.55. The molecule has 0 radical (unpaired) electrons. The highest BCUT2D eigenvalue weighted by Gasteiger charge is 2.09. The quantitative estimate of drug-likeness (QED) is 0.665. The fourth-order valence-corrected chi connectivity index (χ4v) is 2.87. The van der Waals surface area contributed by atoms with E-state index < -0.39 is 0 Å². The maximum Gasteiger partial charge on any atom is 0.0491 e. The van der Waals surface area contributed by atoms with Crippen LogP contribution in [-0.2, 0) is 6.54 Å². The Morgan fingerprint density at radius 1 is 0.905 bits per heavy atom. The predicted octanol–water partition coefficient (Wildman–Crippen LogP) is 4.31. The van der Waals surface area contributed by atoms with Crippen molar-refractivity contribution in [2.45, 2.75) is 19.4 Å². The van der Waals surface area contributed by atoms with Gasteiger partial charge in [-0.2, -0.15) is 0 Å². The van der Waals surface area contributed by atoms with Gasteiger partial charge in [-0.25, -0.2) is 0 Å². The first kappa shape index (κ1) is 13.9. The van der Waals surface area contributed by atoms with Crippen molar-refractivity contribution in [3.05, 3.63) is 60.7 Å². The van der Waals surface area contributed by atoms with Crippen molar-refractivity contribution in [1.29, 1.82) is 0 Å². The Kier molecular flexibility index (Phi) is 4.37. The average Bonchev–Trinajstić information content (AvgIpc) is 2.91. The van der Waals surface area contributed by atoms with Crippen molar-refractivity contribution < 1.29 is 0 Å². The van der Waals surface area contributed by atoms with Crippen LogP contribution in [0.3, 0.4) is 0 Å². The second kappa shape index (κ2) is 6.59. The molecule has 2 heteroatoms. The van der Waals surface area contributed by atoms with Crippen LogP contribution in [0.4, 0.5) is 0 Å². The van der Waals surface area contributed by atoms with E-state index in [1.165, 1.54) is 35.0 Å². The summed E-state index contributed by atoms with van der Waals surface area (Å²) >= 11 is 0. The van der Waals surface area contributed by atoms with Gasteiger partial charge in [0.25, 0.3) is 0 Å². The fraction of sp³-hybridized carbons (Fsp3) is 0.263. The summed E-state index contributed by atoms with van der Waals surface area (Å²) in [5.74, 6) is 0. The zero-order chi connectivity index (χ0) is 14.5.